The Morgan fingerprint density at radius 1 is 1.31 bits per heavy atom. The van der Waals surface area contributed by atoms with E-state index in [4.69, 9.17) is 12.2 Å². The third-order valence-electron chi connectivity index (χ3n) is 2.74. The Hall–Kier alpha value is -0.110. The van der Waals surface area contributed by atoms with Crippen LogP contribution < -0.4 is 5.32 Å². The van der Waals surface area contributed by atoms with E-state index in [1.807, 2.05) is 0 Å². The molecule has 76 valence electrons. The largest absolute Gasteiger partial charge is 0.377 e. The Kier molecular flexibility index (Phi) is 5.37. The first-order chi connectivity index (χ1) is 6.33. The van der Waals surface area contributed by atoms with Gasteiger partial charge in [0.25, 0.3) is 0 Å². The van der Waals surface area contributed by atoms with Crippen molar-refractivity contribution >= 4 is 17.2 Å². The summed E-state index contributed by atoms with van der Waals surface area (Å²) in [5.74, 6) is 0. The zero-order valence-corrected chi connectivity index (χ0v) is 9.46. The Bertz CT molecular complexity index is 156. The number of hydrogen-bond donors (Lipinski definition) is 1. The SMILES string of the molecule is CCCCCCCC1CCC(=S)N1. The van der Waals surface area contributed by atoms with Crippen LogP contribution in [0.5, 0.6) is 0 Å². The fraction of sp³-hybridized carbons (Fsp3) is 0.909. The van der Waals surface area contributed by atoms with Gasteiger partial charge in [0.15, 0.2) is 0 Å². The van der Waals surface area contributed by atoms with Gasteiger partial charge in [0, 0.05) is 6.04 Å². The van der Waals surface area contributed by atoms with Crippen LogP contribution in [0.4, 0.5) is 0 Å². The first-order valence-corrected chi connectivity index (χ1v) is 6.03. The molecule has 1 aliphatic heterocycles. The Balaban J connectivity index is 1.91. The normalized spacial score (nSPS) is 21.9. The number of hydrogen-bond acceptors (Lipinski definition) is 1. The second-order valence-electron chi connectivity index (χ2n) is 4.01. The molecule has 1 fully saturated rings. The minimum absolute atomic E-state index is 0.703. The van der Waals surface area contributed by atoms with Gasteiger partial charge in [-0.15, -0.1) is 0 Å². The molecular formula is C11H21NS. The minimum atomic E-state index is 0.703. The average molecular weight is 199 g/mol. The van der Waals surface area contributed by atoms with Crippen LogP contribution in [0, 0.1) is 0 Å². The molecule has 1 rings (SSSR count). The maximum absolute atomic E-state index is 5.11. The van der Waals surface area contributed by atoms with E-state index < -0.39 is 0 Å². The summed E-state index contributed by atoms with van der Waals surface area (Å²) in [6.07, 6.45) is 10.6. The molecule has 0 bridgehead atoms. The van der Waals surface area contributed by atoms with Crippen molar-refractivity contribution in [3.05, 3.63) is 0 Å². The summed E-state index contributed by atoms with van der Waals surface area (Å²) in [5, 5.41) is 3.38. The molecule has 1 aliphatic rings. The van der Waals surface area contributed by atoms with Crippen molar-refractivity contribution in [2.75, 3.05) is 0 Å². The summed E-state index contributed by atoms with van der Waals surface area (Å²) in [5.41, 5.74) is 0. The minimum Gasteiger partial charge on any atom is -0.377 e. The molecule has 0 aliphatic carbocycles. The fourth-order valence-corrected chi connectivity index (χ4v) is 2.17. The Morgan fingerprint density at radius 2 is 2.08 bits per heavy atom. The number of nitrogens with one attached hydrogen (secondary N) is 1. The van der Waals surface area contributed by atoms with Gasteiger partial charge in [-0.2, -0.15) is 0 Å². The summed E-state index contributed by atoms with van der Waals surface area (Å²) in [6.45, 7) is 2.26. The molecule has 0 spiro atoms. The predicted molar refractivity (Wildman–Crippen MR) is 62.1 cm³/mol. The van der Waals surface area contributed by atoms with Gasteiger partial charge < -0.3 is 5.32 Å². The van der Waals surface area contributed by atoms with Crippen LogP contribution in [0.25, 0.3) is 0 Å². The summed E-state index contributed by atoms with van der Waals surface area (Å²) >= 11 is 5.11. The maximum atomic E-state index is 5.11. The lowest BCUT2D eigenvalue weighted by molar-refractivity contribution is 0.519. The molecule has 13 heavy (non-hydrogen) atoms. The lowest BCUT2D eigenvalue weighted by atomic mass is 10.1. The van der Waals surface area contributed by atoms with Gasteiger partial charge in [0.1, 0.15) is 0 Å². The summed E-state index contributed by atoms with van der Waals surface area (Å²) in [7, 11) is 0. The Labute approximate surface area is 87.3 Å². The van der Waals surface area contributed by atoms with Crippen LogP contribution in [0.15, 0.2) is 0 Å². The molecule has 0 saturated carbocycles. The number of thiocarbonyl (C=S) groups is 1. The molecule has 0 radical (unpaired) electrons. The fourth-order valence-electron chi connectivity index (χ4n) is 1.89. The highest BCUT2D eigenvalue weighted by Crippen LogP contribution is 2.15. The van der Waals surface area contributed by atoms with Crippen LogP contribution in [-0.2, 0) is 0 Å². The monoisotopic (exact) mass is 199 g/mol. The highest BCUT2D eigenvalue weighted by molar-refractivity contribution is 7.80. The first-order valence-electron chi connectivity index (χ1n) is 5.62. The predicted octanol–water partition coefficient (Wildman–Crippen LogP) is 3.43. The molecule has 1 nitrogen and oxygen atoms in total. The molecule has 1 heterocycles. The summed E-state index contributed by atoms with van der Waals surface area (Å²) in [4.78, 5) is 1.08. The zero-order chi connectivity index (χ0) is 9.52. The van der Waals surface area contributed by atoms with Gasteiger partial charge in [-0.3, -0.25) is 0 Å². The second kappa shape index (κ2) is 6.36. The van der Waals surface area contributed by atoms with E-state index >= 15 is 0 Å². The lowest BCUT2D eigenvalue weighted by Crippen LogP contribution is -2.23. The molecule has 0 aromatic rings. The number of unbranched alkanes of at least 4 members (excludes halogenated alkanes) is 4. The molecule has 0 aromatic heterocycles. The maximum Gasteiger partial charge on any atom is 0.0756 e. The van der Waals surface area contributed by atoms with Gasteiger partial charge in [-0.05, 0) is 19.3 Å². The van der Waals surface area contributed by atoms with E-state index in [1.165, 1.54) is 44.9 Å². The molecule has 1 atom stereocenters. The molecule has 0 aromatic carbocycles. The van der Waals surface area contributed by atoms with Crippen LogP contribution in [0.3, 0.4) is 0 Å². The lowest BCUT2D eigenvalue weighted by Gasteiger charge is -2.09. The molecule has 1 unspecified atom stereocenters. The molecule has 1 saturated heterocycles. The van der Waals surface area contributed by atoms with Gasteiger partial charge in [0.2, 0.25) is 0 Å². The first kappa shape index (κ1) is 11.0. The standard InChI is InChI=1S/C11H21NS/c1-2-3-4-5-6-7-10-8-9-11(13)12-10/h10H,2-9H2,1H3,(H,12,13). The van der Waals surface area contributed by atoms with Crippen molar-refractivity contribution in [3.63, 3.8) is 0 Å². The van der Waals surface area contributed by atoms with Crippen molar-refractivity contribution in [2.24, 2.45) is 0 Å². The van der Waals surface area contributed by atoms with Crippen LogP contribution in [-0.4, -0.2) is 11.0 Å². The average Bonchev–Trinajstić information content (AvgIpc) is 2.51. The third kappa shape index (κ3) is 4.61. The Morgan fingerprint density at radius 3 is 2.69 bits per heavy atom. The highest BCUT2D eigenvalue weighted by atomic mass is 32.1. The van der Waals surface area contributed by atoms with Crippen molar-refractivity contribution in [2.45, 2.75) is 64.3 Å². The summed E-state index contributed by atoms with van der Waals surface area (Å²) in [6, 6.07) is 0.703. The molecule has 2 heteroatoms. The molecule has 0 amide bonds. The third-order valence-corrected chi connectivity index (χ3v) is 3.06. The topological polar surface area (TPSA) is 12.0 Å². The van der Waals surface area contributed by atoms with Crippen molar-refractivity contribution in [1.29, 1.82) is 0 Å². The smallest absolute Gasteiger partial charge is 0.0756 e. The van der Waals surface area contributed by atoms with Crippen molar-refractivity contribution < 1.29 is 0 Å². The summed E-state index contributed by atoms with van der Waals surface area (Å²) < 4.78 is 0. The van der Waals surface area contributed by atoms with Crippen molar-refractivity contribution in [3.8, 4) is 0 Å². The van der Waals surface area contributed by atoms with Gasteiger partial charge in [-0.25, -0.2) is 0 Å². The van der Waals surface area contributed by atoms with Gasteiger partial charge >= 0.3 is 0 Å². The van der Waals surface area contributed by atoms with E-state index in [1.54, 1.807) is 0 Å². The van der Waals surface area contributed by atoms with Crippen LogP contribution in [0.2, 0.25) is 0 Å². The van der Waals surface area contributed by atoms with Gasteiger partial charge in [0.05, 0.1) is 4.99 Å². The number of rotatable bonds is 6. The van der Waals surface area contributed by atoms with Gasteiger partial charge in [-0.1, -0.05) is 51.2 Å². The van der Waals surface area contributed by atoms with Crippen molar-refractivity contribution in [1.82, 2.24) is 5.32 Å². The van der Waals surface area contributed by atoms with E-state index in [-0.39, 0.29) is 0 Å². The molecular weight excluding hydrogens is 178 g/mol. The van der Waals surface area contributed by atoms with E-state index in [2.05, 4.69) is 12.2 Å². The van der Waals surface area contributed by atoms with E-state index in [0.717, 1.165) is 11.4 Å². The zero-order valence-electron chi connectivity index (χ0n) is 8.64. The van der Waals surface area contributed by atoms with Crippen LogP contribution in [0.1, 0.15) is 58.3 Å². The second-order valence-corrected chi connectivity index (χ2v) is 4.50. The van der Waals surface area contributed by atoms with Crippen LogP contribution >= 0.6 is 12.2 Å². The van der Waals surface area contributed by atoms with E-state index in [0.29, 0.717) is 6.04 Å². The quantitative estimate of drug-likeness (QED) is 0.519. The van der Waals surface area contributed by atoms with E-state index in [9.17, 15) is 0 Å². The molecule has 1 N–H and O–H groups in total. The highest BCUT2D eigenvalue weighted by Gasteiger charge is 2.16.